The summed E-state index contributed by atoms with van der Waals surface area (Å²) in [5, 5.41) is 11.9. The molecular weight excluding hydrogens is 328 g/mol. The molecule has 3 nitrogen and oxygen atoms in total. The van der Waals surface area contributed by atoms with E-state index in [0.717, 1.165) is 15.6 Å². The number of benzene rings is 2. The predicted molar refractivity (Wildman–Crippen MR) is 86.0 cm³/mol. The molecule has 4 heteroatoms. The number of nitrogens with one attached hydrogen (secondary N) is 1. The van der Waals surface area contributed by atoms with E-state index in [4.69, 9.17) is 5.26 Å². The Morgan fingerprint density at radius 2 is 1.81 bits per heavy atom. The van der Waals surface area contributed by atoms with Gasteiger partial charge in [-0.25, -0.2) is 0 Å². The number of nitriles is 1. The van der Waals surface area contributed by atoms with Crippen molar-refractivity contribution in [2.24, 2.45) is 0 Å². The van der Waals surface area contributed by atoms with Crippen molar-refractivity contribution in [1.82, 2.24) is 5.32 Å². The first kappa shape index (κ1) is 15.0. The maximum absolute atomic E-state index is 12.0. The Kier molecular flexibility index (Phi) is 5.30. The number of halogens is 1. The minimum atomic E-state index is -0.378. The van der Waals surface area contributed by atoms with Crippen LogP contribution in [-0.4, -0.2) is 5.91 Å². The van der Waals surface area contributed by atoms with Crippen LogP contribution in [0.3, 0.4) is 0 Å². The summed E-state index contributed by atoms with van der Waals surface area (Å²) in [6.45, 7) is 0.397. The zero-order chi connectivity index (χ0) is 15.1. The molecule has 2 aromatic carbocycles. The van der Waals surface area contributed by atoms with Gasteiger partial charge in [0.2, 0.25) is 0 Å². The number of hydrogen-bond donors (Lipinski definition) is 1. The molecule has 104 valence electrons. The van der Waals surface area contributed by atoms with Gasteiger partial charge in [-0.2, -0.15) is 5.26 Å². The van der Waals surface area contributed by atoms with Crippen LogP contribution in [0.5, 0.6) is 0 Å². The lowest BCUT2D eigenvalue weighted by molar-refractivity contribution is -0.117. The van der Waals surface area contributed by atoms with E-state index < -0.39 is 0 Å². The number of hydrogen-bond acceptors (Lipinski definition) is 2. The van der Waals surface area contributed by atoms with Gasteiger partial charge in [0.1, 0.15) is 11.6 Å². The van der Waals surface area contributed by atoms with Crippen LogP contribution in [0.15, 0.2) is 64.6 Å². The number of rotatable bonds is 4. The zero-order valence-electron chi connectivity index (χ0n) is 11.2. The molecule has 2 aromatic rings. The third-order valence-corrected chi connectivity index (χ3v) is 3.59. The van der Waals surface area contributed by atoms with Crippen LogP contribution in [0.25, 0.3) is 6.08 Å². The molecule has 0 aliphatic heterocycles. The molecule has 21 heavy (non-hydrogen) atoms. The summed E-state index contributed by atoms with van der Waals surface area (Å²) < 4.78 is 0.841. The molecule has 0 saturated heterocycles. The van der Waals surface area contributed by atoms with Gasteiger partial charge in [0.25, 0.3) is 5.91 Å². The molecule has 0 aliphatic rings. The van der Waals surface area contributed by atoms with Gasteiger partial charge in [-0.3, -0.25) is 4.79 Å². The van der Waals surface area contributed by atoms with E-state index in [1.54, 1.807) is 6.08 Å². The van der Waals surface area contributed by atoms with Crippen molar-refractivity contribution in [3.8, 4) is 6.07 Å². The Morgan fingerprint density at radius 3 is 2.48 bits per heavy atom. The van der Waals surface area contributed by atoms with Crippen LogP contribution >= 0.6 is 15.9 Å². The zero-order valence-corrected chi connectivity index (χ0v) is 12.8. The SMILES string of the molecule is N#C/C(=C\c1ccccc1Br)C(=O)NCc1ccccc1. The quantitative estimate of drug-likeness (QED) is 0.681. The molecule has 2 rings (SSSR count). The fourth-order valence-electron chi connectivity index (χ4n) is 1.77. The third-order valence-electron chi connectivity index (χ3n) is 2.87. The standard InChI is InChI=1S/C17H13BrN2O/c18-16-9-5-4-8-14(16)10-15(11-19)17(21)20-12-13-6-2-1-3-7-13/h1-10H,12H2,(H,20,21)/b15-10+. The Morgan fingerprint density at radius 1 is 1.14 bits per heavy atom. The van der Waals surface area contributed by atoms with Crippen LogP contribution in [0, 0.1) is 11.3 Å². The summed E-state index contributed by atoms with van der Waals surface area (Å²) >= 11 is 3.39. The van der Waals surface area contributed by atoms with Gasteiger partial charge < -0.3 is 5.32 Å². The van der Waals surface area contributed by atoms with Crippen molar-refractivity contribution < 1.29 is 4.79 Å². The molecular formula is C17H13BrN2O. The number of nitrogens with zero attached hydrogens (tertiary/aromatic N) is 1. The monoisotopic (exact) mass is 340 g/mol. The van der Waals surface area contributed by atoms with Crippen LogP contribution < -0.4 is 5.32 Å². The van der Waals surface area contributed by atoms with Crippen molar-refractivity contribution >= 4 is 27.9 Å². The molecule has 0 saturated carbocycles. The van der Waals surface area contributed by atoms with E-state index in [1.165, 1.54) is 0 Å². The fourth-order valence-corrected chi connectivity index (χ4v) is 2.17. The Hall–Kier alpha value is -2.38. The van der Waals surface area contributed by atoms with Crippen molar-refractivity contribution in [1.29, 1.82) is 5.26 Å². The lowest BCUT2D eigenvalue weighted by Gasteiger charge is -2.05. The maximum atomic E-state index is 12.0. The predicted octanol–water partition coefficient (Wildman–Crippen LogP) is 3.67. The van der Waals surface area contributed by atoms with Crippen LogP contribution in [0.1, 0.15) is 11.1 Å². The average Bonchev–Trinajstić information content (AvgIpc) is 2.53. The third kappa shape index (κ3) is 4.30. The van der Waals surface area contributed by atoms with Gasteiger partial charge in [0.05, 0.1) is 0 Å². The summed E-state index contributed by atoms with van der Waals surface area (Å²) in [4.78, 5) is 12.0. The largest absolute Gasteiger partial charge is 0.347 e. The van der Waals surface area contributed by atoms with Gasteiger partial charge in [-0.1, -0.05) is 64.5 Å². The van der Waals surface area contributed by atoms with Crippen LogP contribution in [0.4, 0.5) is 0 Å². The Balaban J connectivity index is 2.09. The summed E-state index contributed by atoms with van der Waals surface area (Å²) in [6, 6.07) is 18.9. The molecule has 1 amide bonds. The Labute approximate surface area is 132 Å². The van der Waals surface area contributed by atoms with Gasteiger partial charge in [0, 0.05) is 11.0 Å². The molecule has 0 atom stereocenters. The first-order valence-electron chi connectivity index (χ1n) is 6.39. The second-order valence-corrected chi connectivity index (χ2v) is 5.21. The second kappa shape index (κ2) is 7.41. The molecule has 0 unspecified atom stereocenters. The van der Waals surface area contributed by atoms with Crippen LogP contribution in [-0.2, 0) is 11.3 Å². The molecule has 0 fully saturated rings. The minimum absolute atomic E-state index is 0.0813. The second-order valence-electron chi connectivity index (χ2n) is 4.36. The summed E-state index contributed by atoms with van der Waals surface area (Å²) in [7, 11) is 0. The van der Waals surface area contributed by atoms with Gasteiger partial charge in [0.15, 0.2) is 0 Å². The highest BCUT2D eigenvalue weighted by Gasteiger charge is 2.09. The molecule has 0 aliphatic carbocycles. The van der Waals surface area contributed by atoms with E-state index in [0.29, 0.717) is 6.54 Å². The molecule has 0 aromatic heterocycles. The molecule has 0 heterocycles. The first-order valence-corrected chi connectivity index (χ1v) is 7.18. The van der Waals surface area contributed by atoms with Crippen molar-refractivity contribution in [2.75, 3.05) is 0 Å². The van der Waals surface area contributed by atoms with E-state index >= 15 is 0 Å². The summed E-state index contributed by atoms with van der Waals surface area (Å²) in [6.07, 6.45) is 1.57. The first-order chi connectivity index (χ1) is 10.2. The minimum Gasteiger partial charge on any atom is -0.347 e. The van der Waals surface area contributed by atoms with Crippen molar-refractivity contribution in [2.45, 2.75) is 6.54 Å². The van der Waals surface area contributed by atoms with Gasteiger partial charge in [-0.15, -0.1) is 0 Å². The highest BCUT2D eigenvalue weighted by atomic mass is 79.9. The van der Waals surface area contributed by atoms with Crippen molar-refractivity contribution in [3.05, 3.63) is 75.8 Å². The maximum Gasteiger partial charge on any atom is 0.262 e. The Bertz CT molecular complexity index is 702. The van der Waals surface area contributed by atoms with E-state index in [-0.39, 0.29) is 11.5 Å². The molecule has 0 bridgehead atoms. The molecule has 1 N–H and O–H groups in total. The number of amides is 1. The fraction of sp³-hybridized carbons (Fsp3) is 0.0588. The van der Waals surface area contributed by atoms with E-state index in [1.807, 2.05) is 60.7 Å². The molecule has 0 radical (unpaired) electrons. The topological polar surface area (TPSA) is 52.9 Å². The number of carbonyl (C=O) groups excluding carboxylic acids is 1. The molecule has 0 spiro atoms. The lowest BCUT2D eigenvalue weighted by atomic mass is 10.1. The van der Waals surface area contributed by atoms with Crippen molar-refractivity contribution in [3.63, 3.8) is 0 Å². The van der Waals surface area contributed by atoms with Gasteiger partial charge in [-0.05, 0) is 23.3 Å². The van der Waals surface area contributed by atoms with E-state index in [2.05, 4.69) is 21.2 Å². The normalized spacial score (nSPS) is 10.8. The number of carbonyl (C=O) groups is 1. The summed E-state index contributed by atoms with van der Waals surface area (Å²) in [5.74, 6) is -0.378. The smallest absolute Gasteiger partial charge is 0.262 e. The lowest BCUT2D eigenvalue weighted by Crippen LogP contribution is -2.23. The van der Waals surface area contributed by atoms with Gasteiger partial charge >= 0.3 is 0 Å². The highest BCUT2D eigenvalue weighted by Crippen LogP contribution is 2.18. The highest BCUT2D eigenvalue weighted by molar-refractivity contribution is 9.10. The van der Waals surface area contributed by atoms with E-state index in [9.17, 15) is 4.79 Å². The van der Waals surface area contributed by atoms with Crippen LogP contribution in [0.2, 0.25) is 0 Å². The summed E-state index contributed by atoms with van der Waals surface area (Å²) in [5.41, 5.74) is 1.87. The average molecular weight is 341 g/mol.